The van der Waals surface area contributed by atoms with E-state index in [9.17, 15) is 4.79 Å². The number of fused-ring (bicyclic) bond motifs is 1. The number of Topliss-reactive ketones (excluding diaryl/α,β-unsaturated/α-hetero) is 1. The average molecular weight is 174 g/mol. The smallest absolute Gasteiger partial charge is 0.163 e. The van der Waals surface area contributed by atoms with E-state index in [1.54, 1.807) is 0 Å². The number of benzene rings is 1. The molecule has 13 heavy (non-hydrogen) atoms. The van der Waals surface area contributed by atoms with Crippen LogP contribution in [0.15, 0.2) is 24.3 Å². The highest BCUT2D eigenvalue weighted by Gasteiger charge is 2.30. The van der Waals surface area contributed by atoms with Crippen molar-refractivity contribution >= 4 is 5.78 Å². The van der Waals surface area contributed by atoms with E-state index in [0.717, 1.165) is 12.0 Å². The van der Waals surface area contributed by atoms with Crippen LogP contribution in [0.25, 0.3) is 0 Å². The molecule has 0 amide bonds. The number of carbonyl (C=O) groups is 1. The van der Waals surface area contributed by atoms with Crippen molar-refractivity contribution in [2.75, 3.05) is 0 Å². The molecule has 0 N–H and O–H groups in total. The highest BCUT2D eigenvalue weighted by molar-refractivity contribution is 5.99. The first kappa shape index (κ1) is 8.49. The fraction of sp³-hybridized carbons (Fsp3) is 0.417. The van der Waals surface area contributed by atoms with Crippen LogP contribution in [0.2, 0.25) is 0 Å². The van der Waals surface area contributed by atoms with Crippen LogP contribution in [0.4, 0.5) is 0 Å². The largest absolute Gasteiger partial charge is 0.294 e. The molecule has 1 aromatic carbocycles. The molecule has 2 rings (SSSR count). The van der Waals surface area contributed by atoms with Gasteiger partial charge in [-0.1, -0.05) is 38.1 Å². The predicted molar refractivity (Wildman–Crippen MR) is 53.0 cm³/mol. The maximum atomic E-state index is 11.6. The Kier molecular flexibility index (Phi) is 1.76. The van der Waals surface area contributed by atoms with E-state index in [1.165, 1.54) is 5.56 Å². The Hall–Kier alpha value is -1.11. The van der Waals surface area contributed by atoms with Crippen molar-refractivity contribution in [3.8, 4) is 0 Å². The summed E-state index contributed by atoms with van der Waals surface area (Å²) in [6.07, 6.45) is 1.67. The number of rotatable bonds is 0. The van der Waals surface area contributed by atoms with Gasteiger partial charge in [-0.3, -0.25) is 4.79 Å². The Balaban J connectivity index is 2.61. The second kappa shape index (κ2) is 2.69. The summed E-state index contributed by atoms with van der Waals surface area (Å²) < 4.78 is 0. The molecule has 0 radical (unpaired) electrons. The van der Waals surface area contributed by atoms with Crippen molar-refractivity contribution in [2.45, 2.75) is 32.1 Å². The van der Waals surface area contributed by atoms with Gasteiger partial charge < -0.3 is 0 Å². The maximum absolute atomic E-state index is 11.6. The molecule has 0 fully saturated rings. The van der Waals surface area contributed by atoms with Crippen molar-refractivity contribution in [3.05, 3.63) is 35.4 Å². The second-order valence-electron chi connectivity index (χ2n) is 4.35. The Morgan fingerprint density at radius 3 is 2.62 bits per heavy atom. The van der Waals surface area contributed by atoms with E-state index in [1.807, 2.05) is 18.2 Å². The van der Waals surface area contributed by atoms with Gasteiger partial charge in [0.15, 0.2) is 5.78 Å². The van der Waals surface area contributed by atoms with E-state index >= 15 is 0 Å². The van der Waals surface area contributed by atoms with Gasteiger partial charge in [-0.25, -0.2) is 0 Å². The lowest BCUT2D eigenvalue weighted by atomic mass is 9.72. The van der Waals surface area contributed by atoms with Gasteiger partial charge >= 0.3 is 0 Å². The Morgan fingerprint density at radius 1 is 1.23 bits per heavy atom. The molecule has 1 heteroatoms. The third kappa shape index (κ3) is 1.28. The first-order valence-corrected chi connectivity index (χ1v) is 4.74. The number of hydrogen-bond acceptors (Lipinski definition) is 1. The lowest BCUT2D eigenvalue weighted by Crippen LogP contribution is -2.26. The van der Waals surface area contributed by atoms with Crippen LogP contribution >= 0.6 is 0 Å². The molecule has 1 aromatic rings. The zero-order valence-electron chi connectivity index (χ0n) is 8.13. The third-order valence-corrected chi connectivity index (χ3v) is 2.93. The van der Waals surface area contributed by atoms with E-state index in [4.69, 9.17) is 0 Å². The summed E-state index contributed by atoms with van der Waals surface area (Å²) in [7, 11) is 0. The van der Waals surface area contributed by atoms with Crippen LogP contribution in [0, 0.1) is 0 Å². The third-order valence-electron chi connectivity index (χ3n) is 2.93. The molecule has 1 aliphatic rings. The Labute approximate surface area is 78.8 Å². The van der Waals surface area contributed by atoms with Gasteiger partial charge in [-0.05, 0) is 17.4 Å². The number of carbonyl (C=O) groups excluding carboxylic acids is 1. The summed E-state index contributed by atoms with van der Waals surface area (Å²) in [5.74, 6) is 0.301. The molecule has 1 aliphatic carbocycles. The van der Waals surface area contributed by atoms with Crippen LogP contribution in [-0.4, -0.2) is 5.78 Å². The minimum atomic E-state index is 0.171. The fourth-order valence-electron chi connectivity index (χ4n) is 2.01. The van der Waals surface area contributed by atoms with Gasteiger partial charge in [0.2, 0.25) is 0 Å². The summed E-state index contributed by atoms with van der Waals surface area (Å²) in [5.41, 5.74) is 2.31. The molecule has 0 aromatic heterocycles. The highest BCUT2D eigenvalue weighted by atomic mass is 16.1. The predicted octanol–water partition coefficient (Wildman–Crippen LogP) is 2.94. The first-order chi connectivity index (χ1) is 6.11. The summed E-state index contributed by atoms with van der Waals surface area (Å²) in [4.78, 5) is 11.6. The molecule has 0 atom stereocenters. The standard InChI is InChI=1S/C12H14O/c1-12(2)8-7-11(13)9-5-3-4-6-10(9)12/h3-6H,7-8H2,1-2H3. The number of hydrogen-bond donors (Lipinski definition) is 0. The van der Waals surface area contributed by atoms with Gasteiger partial charge in [0.05, 0.1) is 0 Å². The summed E-state index contributed by atoms with van der Waals surface area (Å²) in [5, 5.41) is 0. The molecule has 0 saturated heterocycles. The van der Waals surface area contributed by atoms with E-state index in [-0.39, 0.29) is 5.41 Å². The van der Waals surface area contributed by atoms with E-state index in [2.05, 4.69) is 19.9 Å². The summed E-state index contributed by atoms with van der Waals surface area (Å²) in [6, 6.07) is 7.97. The van der Waals surface area contributed by atoms with Crippen molar-refractivity contribution in [1.29, 1.82) is 0 Å². The minimum absolute atomic E-state index is 0.171. The van der Waals surface area contributed by atoms with Crippen LogP contribution in [0.5, 0.6) is 0 Å². The molecular weight excluding hydrogens is 160 g/mol. The monoisotopic (exact) mass is 174 g/mol. The molecule has 0 heterocycles. The molecule has 0 saturated carbocycles. The minimum Gasteiger partial charge on any atom is -0.294 e. The zero-order chi connectivity index (χ0) is 9.47. The molecule has 0 aliphatic heterocycles. The molecule has 0 unspecified atom stereocenters. The van der Waals surface area contributed by atoms with Crippen molar-refractivity contribution in [3.63, 3.8) is 0 Å². The van der Waals surface area contributed by atoms with Crippen LogP contribution in [0.1, 0.15) is 42.6 Å². The fourth-order valence-corrected chi connectivity index (χ4v) is 2.01. The highest BCUT2D eigenvalue weighted by Crippen LogP contribution is 2.36. The number of ketones is 1. The van der Waals surface area contributed by atoms with Crippen molar-refractivity contribution < 1.29 is 4.79 Å². The van der Waals surface area contributed by atoms with Gasteiger partial charge in [0.25, 0.3) is 0 Å². The zero-order valence-corrected chi connectivity index (χ0v) is 8.13. The molecule has 0 spiro atoms. The molecule has 68 valence electrons. The van der Waals surface area contributed by atoms with Gasteiger partial charge in [-0.15, -0.1) is 0 Å². The molecular formula is C12H14O. The average Bonchev–Trinajstić information content (AvgIpc) is 2.13. The Morgan fingerprint density at radius 2 is 1.92 bits per heavy atom. The Bertz CT molecular complexity index is 350. The van der Waals surface area contributed by atoms with Crippen LogP contribution in [-0.2, 0) is 5.41 Å². The van der Waals surface area contributed by atoms with Gasteiger partial charge in [0.1, 0.15) is 0 Å². The SMILES string of the molecule is CC1(C)CCC(=O)c2ccccc21. The molecule has 0 bridgehead atoms. The van der Waals surface area contributed by atoms with Gasteiger partial charge in [-0.2, -0.15) is 0 Å². The van der Waals surface area contributed by atoms with Crippen LogP contribution in [0.3, 0.4) is 0 Å². The quantitative estimate of drug-likeness (QED) is 0.591. The summed E-state index contributed by atoms with van der Waals surface area (Å²) >= 11 is 0. The topological polar surface area (TPSA) is 17.1 Å². The van der Waals surface area contributed by atoms with Crippen molar-refractivity contribution in [2.24, 2.45) is 0 Å². The van der Waals surface area contributed by atoms with E-state index < -0.39 is 0 Å². The maximum Gasteiger partial charge on any atom is 0.163 e. The lowest BCUT2D eigenvalue weighted by Gasteiger charge is -2.31. The second-order valence-corrected chi connectivity index (χ2v) is 4.35. The first-order valence-electron chi connectivity index (χ1n) is 4.74. The normalized spacial score (nSPS) is 19.7. The summed E-state index contributed by atoms with van der Waals surface area (Å²) in [6.45, 7) is 4.41. The van der Waals surface area contributed by atoms with Crippen LogP contribution < -0.4 is 0 Å². The molecule has 1 nitrogen and oxygen atoms in total. The van der Waals surface area contributed by atoms with Gasteiger partial charge in [0, 0.05) is 12.0 Å². The van der Waals surface area contributed by atoms with Crippen molar-refractivity contribution in [1.82, 2.24) is 0 Å². The van der Waals surface area contributed by atoms with E-state index in [0.29, 0.717) is 12.2 Å². The lowest BCUT2D eigenvalue weighted by molar-refractivity contribution is 0.0957.